The van der Waals surface area contributed by atoms with E-state index in [0.717, 1.165) is 11.3 Å². The molecule has 3 aromatic rings. The number of halogens is 1. The van der Waals surface area contributed by atoms with E-state index in [2.05, 4.69) is 28.8 Å². The molecular formula is C13H10BrNO. The number of nitrogens with zero attached hydrogens (tertiary/aromatic N) is 1. The van der Waals surface area contributed by atoms with Crippen LogP contribution in [0, 0.1) is 0 Å². The van der Waals surface area contributed by atoms with Gasteiger partial charge in [-0.15, -0.1) is 0 Å². The molecule has 0 radical (unpaired) electrons. The van der Waals surface area contributed by atoms with Crippen molar-refractivity contribution >= 4 is 5.52 Å². The third kappa shape index (κ3) is 1.86. The van der Waals surface area contributed by atoms with Crippen LogP contribution in [0.1, 0.15) is 0 Å². The summed E-state index contributed by atoms with van der Waals surface area (Å²) < 4.78 is 7.44. The maximum atomic E-state index is 5.36. The van der Waals surface area contributed by atoms with E-state index in [1.165, 1.54) is 5.52 Å². The second-order valence-corrected chi connectivity index (χ2v) is 3.43. The highest BCUT2D eigenvalue weighted by atomic mass is 79.9. The zero-order chi connectivity index (χ0) is 10.1. The minimum atomic E-state index is 0. The summed E-state index contributed by atoms with van der Waals surface area (Å²) in [6.45, 7) is 0. The van der Waals surface area contributed by atoms with Crippen molar-refractivity contribution in [3.8, 4) is 11.3 Å². The summed E-state index contributed by atoms with van der Waals surface area (Å²) in [4.78, 5) is 0. The highest BCUT2D eigenvalue weighted by Gasteiger charge is 2.06. The predicted molar refractivity (Wildman–Crippen MR) is 57.3 cm³/mol. The van der Waals surface area contributed by atoms with Gasteiger partial charge in [0.15, 0.2) is 12.4 Å². The Hall–Kier alpha value is -1.61. The van der Waals surface area contributed by atoms with Gasteiger partial charge in [0.1, 0.15) is 5.76 Å². The molecule has 80 valence electrons. The summed E-state index contributed by atoms with van der Waals surface area (Å²) in [5, 5.41) is 0. The number of furan rings is 1. The van der Waals surface area contributed by atoms with Crippen LogP contribution in [0.15, 0.2) is 65.5 Å². The fourth-order valence-corrected chi connectivity index (χ4v) is 1.68. The third-order valence-electron chi connectivity index (χ3n) is 2.44. The monoisotopic (exact) mass is 275 g/mol. The van der Waals surface area contributed by atoms with Crippen molar-refractivity contribution in [1.82, 2.24) is 0 Å². The first-order chi connectivity index (χ1) is 7.43. The Balaban J connectivity index is 0.000000963. The molecule has 0 aromatic carbocycles. The molecule has 3 heteroatoms. The lowest BCUT2D eigenvalue weighted by Gasteiger charge is -1.94. The number of hydrogen-bond donors (Lipinski definition) is 0. The summed E-state index contributed by atoms with van der Waals surface area (Å²) in [6, 6.07) is 14.1. The van der Waals surface area contributed by atoms with Crippen molar-refractivity contribution in [2.24, 2.45) is 0 Å². The summed E-state index contributed by atoms with van der Waals surface area (Å²) in [7, 11) is 0. The van der Waals surface area contributed by atoms with E-state index >= 15 is 0 Å². The second-order valence-electron chi connectivity index (χ2n) is 3.43. The van der Waals surface area contributed by atoms with Gasteiger partial charge in [0.2, 0.25) is 5.52 Å². The molecule has 0 N–H and O–H groups in total. The molecule has 0 aliphatic heterocycles. The fraction of sp³-hybridized carbons (Fsp3) is 0. The number of pyridine rings is 2. The lowest BCUT2D eigenvalue weighted by atomic mass is 10.2. The first kappa shape index (κ1) is 10.9. The van der Waals surface area contributed by atoms with Gasteiger partial charge in [0, 0.05) is 18.2 Å². The Morgan fingerprint density at radius 1 is 0.938 bits per heavy atom. The SMILES string of the molecule is [Br-].c1coc(-c2ccc3cccc[n+]3c2)c1. The minimum Gasteiger partial charge on any atom is -1.00 e. The van der Waals surface area contributed by atoms with Crippen molar-refractivity contribution in [3.63, 3.8) is 0 Å². The number of rotatable bonds is 1. The molecule has 3 aromatic heterocycles. The molecule has 0 saturated heterocycles. The topological polar surface area (TPSA) is 17.2 Å². The first-order valence-electron chi connectivity index (χ1n) is 4.87. The molecule has 0 atom stereocenters. The molecule has 0 amide bonds. The van der Waals surface area contributed by atoms with Gasteiger partial charge in [0.05, 0.1) is 11.8 Å². The zero-order valence-corrected chi connectivity index (χ0v) is 10.1. The van der Waals surface area contributed by atoms with E-state index in [-0.39, 0.29) is 17.0 Å². The van der Waals surface area contributed by atoms with E-state index in [4.69, 9.17) is 4.42 Å². The van der Waals surface area contributed by atoms with E-state index in [9.17, 15) is 0 Å². The summed E-state index contributed by atoms with van der Waals surface area (Å²) in [5.41, 5.74) is 2.26. The van der Waals surface area contributed by atoms with Crippen LogP contribution in [0.5, 0.6) is 0 Å². The van der Waals surface area contributed by atoms with Crippen LogP contribution in [0.3, 0.4) is 0 Å². The van der Waals surface area contributed by atoms with Crippen LogP contribution in [0.2, 0.25) is 0 Å². The average Bonchev–Trinajstić information content (AvgIpc) is 2.82. The van der Waals surface area contributed by atoms with Crippen LogP contribution in [0.25, 0.3) is 16.8 Å². The largest absolute Gasteiger partial charge is 1.00 e. The molecule has 0 unspecified atom stereocenters. The Labute approximate surface area is 104 Å². The summed E-state index contributed by atoms with van der Waals surface area (Å²) >= 11 is 0. The zero-order valence-electron chi connectivity index (χ0n) is 8.51. The molecular weight excluding hydrogens is 266 g/mol. The second kappa shape index (κ2) is 4.49. The van der Waals surface area contributed by atoms with Crippen molar-refractivity contribution in [1.29, 1.82) is 0 Å². The summed E-state index contributed by atoms with van der Waals surface area (Å²) in [6.07, 6.45) is 5.78. The minimum absolute atomic E-state index is 0. The van der Waals surface area contributed by atoms with Gasteiger partial charge in [-0.25, -0.2) is 0 Å². The van der Waals surface area contributed by atoms with E-state index in [1.807, 2.05) is 30.5 Å². The normalized spacial score (nSPS) is 10.0. The van der Waals surface area contributed by atoms with Crippen molar-refractivity contribution in [2.75, 3.05) is 0 Å². The smallest absolute Gasteiger partial charge is 0.210 e. The van der Waals surface area contributed by atoms with Crippen LogP contribution < -0.4 is 21.4 Å². The molecule has 0 aliphatic rings. The van der Waals surface area contributed by atoms with Crippen LogP contribution in [-0.2, 0) is 0 Å². The molecule has 0 saturated carbocycles. The maximum absolute atomic E-state index is 5.36. The van der Waals surface area contributed by atoms with Crippen molar-refractivity contribution < 1.29 is 25.8 Å². The quantitative estimate of drug-likeness (QED) is 0.557. The van der Waals surface area contributed by atoms with Crippen LogP contribution in [-0.4, -0.2) is 0 Å². The van der Waals surface area contributed by atoms with Gasteiger partial charge < -0.3 is 21.4 Å². The number of aromatic nitrogens is 1. The van der Waals surface area contributed by atoms with Gasteiger partial charge in [0.25, 0.3) is 0 Å². The molecule has 2 nitrogen and oxygen atoms in total. The molecule has 16 heavy (non-hydrogen) atoms. The molecule has 0 bridgehead atoms. The molecule has 0 aliphatic carbocycles. The Morgan fingerprint density at radius 3 is 2.69 bits per heavy atom. The van der Waals surface area contributed by atoms with Gasteiger partial charge in [-0.3, -0.25) is 0 Å². The summed E-state index contributed by atoms with van der Waals surface area (Å²) in [5.74, 6) is 0.897. The Bertz CT molecular complexity index is 590. The van der Waals surface area contributed by atoms with Gasteiger partial charge >= 0.3 is 0 Å². The van der Waals surface area contributed by atoms with Gasteiger partial charge in [-0.2, -0.15) is 4.40 Å². The molecule has 3 heterocycles. The standard InChI is InChI=1S/C13H10NO.BrH/c1-2-8-14-10-11(6-7-12(14)4-1)13-5-3-9-15-13;/h1-10H;1H/q+1;/p-1. The average molecular weight is 276 g/mol. The van der Waals surface area contributed by atoms with Crippen molar-refractivity contribution in [2.45, 2.75) is 0 Å². The molecule has 0 spiro atoms. The van der Waals surface area contributed by atoms with Gasteiger partial charge in [-0.05, 0) is 24.3 Å². The van der Waals surface area contributed by atoms with Crippen LogP contribution >= 0.6 is 0 Å². The molecule has 0 fully saturated rings. The van der Waals surface area contributed by atoms with Gasteiger partial charge in [-0.1, -0.05) is 0 Å². The van der Waals surface area contributed by atoms with E-state index in [1.54, 1.807) is 6.26 Å². The van der Waals surface area contributed by atoms with Crippen LogP contribution in [0.4, 0.5) is 0 Å². The lowest BCUT2D eigenvalue weighted by molar-refractivity contribution is -0.511. The van der Waals surface area contributed by atoms with E-state index in [0.29, 0.717) is 0 Å². The fourth-order valence-electron chi connectivity index (χ4n) is 1.68. The maximum Gasteiger partial charge on any atom is 0.210 e. The predicted octanol–water partition coefficient (Wildman–Crippen LogP) is -0.311. The molecule has 3 rings (SSSR count). The highest BCUT2D eigenvalue weighted by molar-refractivity contribution is 5.57. The third-order valence-corrected chi connectivity index (χ3v) is 2.44. The lowest BCUT2D eigenvalue weighted by Crippen LogP contribution is -3.00. The van der Waals surface area contributed by atoms with E-state index < -0.39 is 0 Å². The first-order valence-corrected chi connectivity index (χ1v) is 4.87. The highest BCUT2D eigenvalue weighted by Crippen LogP contribution is 2.17. The Morgan fingerprint density at radius 2 is 1.88 bits per heavy atom. The number of hydrogen-bond acceptors (Lipinski definition) is 1. The number of fused-ring (bicyclic) bond motifs is 1. The van der Waals surface area contributed by atoms with Crippen molar-refractivity contribution in [3.05, 3.63) is 61.1 Å². The Kier molecular flexibility index (Phi) is 3.06.